The molecule has 0 unspecified atom stereocenters. The van der Waals surface area contributed by atoms with E-state index in [2.05, 4.69) is 20.3 Å². The van der Waals surface area contributed by atoms with Crippen LogP contribution in [-0.4, -0.2) is 20.9 Å². The largest absolute Gasteiger partial charge is 0.318 e. The van der Waals surface area contributed by atoms with Crippen LogP contribution in [0.1, 0.15) is 16.1 Å². The summed E-state index contributed by atoms with van der Waals surface area (Å²) in [5.74, 6) is -0.442. The van der Waals surface area contributed by atoms with Gasteiger partial charge in [0.15, 0.2) is 5.15 Å². The minimum absolute atomic E-state index is 0.113. The molecular weight excluding hydrogens is 275 g/mol. The predicted octanol–water partition coefficient (Wildman–Crippen LogP) is 2.74. The number of amides is 1. The fourth-order valence-electron chi connectivity index (χ4n) is 1.30. The molecule has 0 saturated carbocycles. The maximum Gasteiger partial charge on any atom is 0.276 e. The van der Waals surface area contributed by atoms with E-state index in [9.17, 15) is 4.79 Å². The molecule has 18 heavy (non-hydrogen) atoms. The number of rotatable bonds is 2. The van der Waals surface area contributed by atoms with Gasteiger partial charge in [-0.15, -0.1) is 0 Å². The van der Waals surface area contributed by atoms with E-state index in [-0.39, 0.29) is 16.0 Å². The highest BCUT2D eigenvalue weighted by atomic mass is 35.5. The van der Waals surface area contributed by atoms with Crippen molar-refractivity contribution in [2.45, 2.75) is 6.92 Å². The summed E-state index contributed by atoms with van der Waals surface area (Å²) in [6, 6.07) is 1.74. The first-order valence-electron chi connectivity index (χ1n) is 4.98. The molecule has 0 bridgehead atoms. The summed E-state index contributed by atoms with van der Waals surface area (Å²) >= 11 is 11.6. The number of pyridine rings is 1. The van der Waals surface area contributed by atoms with Gasteiger partial charge in [-0.25, -0.2) is 9.97 Å². The van der Waals surface area contributed by atoms with E-state index in [4.69, 9.17) is 23.2 Å². The summed E-state index contributed by atoms with van der Waals surface area (Å²) < 4.78 is 0. The number of carbonyl (C=O) groups is 1. The van der Waals surface area contributed by atoms with Gasteiger partial charge in [-0.2, -0.15) is 0 Å². The highest BCUT2D eigenvalue weighted by Gasteiger charge is 2.12. The Morgan fingerprint density at radius 3 is 2.78 bits per heavy atom. The molecule has 0 aromatic carbocycles. The number of anilines is 1. The van der Waals surface area contributed by atoms with Gasteiger partial charge in [0.1, 0.15) is 10.8 Å². The SMILES string of the molecule is Cc1ccnc(Cl)c1NC(=O)c1cncc(Cl)n1. The number of nitrogens with one attached hydrogen (secondary N) is 1. The molecule has 0 fully saturated rings. The minimum atomic E-state index is -0.442. The van der Waals surface area contributed by atoms with Crippen molar-refractivity contribution in [3.63, 3.8) is 0 Å². The monoisotopic (exact) mass is 282 g/mol. The van der Waals surface area contributed by atoms with E-state index in [1.54, 1.807) is 12.3 Å². The van der Waals surface area contributed by atoms with Crippen molar-refractivity contribution >= 4 is 34.8 Å². The Morgan fingerprint density at radius 2 is 2.11 bits per heavy atom. The zero-order valence-corrected chi connectivity index (χ0v) is 10.8. The number of hydrogen-bond donors (Lipinski definition) is 1. The number of halogens is 2. The molecular formula is C11H8Cl2N4O. The lowest BCUT2D eigenvalue weighted by Crippen LogP contribution is -2.15. The first kappa shape index (κ1) is 12.7. The van der Waals surface area contributed by atoms with Gasteiger partial charge in [-0.3, -0.25) is 9.78 Å². The third-order valence-corrected chi connectivity index (χ3v) is 2.66. The highest BCUT2D eigenvalue weighted by molar-refractivity contribution is 6.33. The lowest BCUT2D eigenvalue weighted by molar-refractivity contribution is 0.102. The van der Waals surface area contributed by atoms with Crippen LogP contribution in [0.4, 0.5) is 5.69 Å². The van der Waals surface area contributed by atoms with Crippen LogP contribution in [0.5, 0.6) is 0 Å². The third kappa shape index (κ3) is 2.75. The van der Waals surface area contributed by atoms with E-state index in [1.165, 1.54) is 12.4 Å². The van der Waals surface area contributed by atoms with Crippen LogP contribution in [0, 0.1) is 6.92 Å². The van der Waals surface area contributed by atoms with Crippen LogP contribution in [0.15, 0.2) is 24.7 Å². The standard InChI is InChI=1S/C11H8Cl2N4O/c1-6-2-3-15-10(13)9(6)17-11(18)7-4-14-5-8(12)16-7/h2-5H,1H3,(H,17,18). The van der Waals surface area contributed by atoms with Gasteiger partial charge < -0.3 is 5.32 Å². The second-order valence-electron chi connectivity index (χ2n) is 3.47. The van der Waals surface area contributed by atoms with Crippen molar-refractivity contribution in [2.24, 2.45) is 0 Å². The smallest absolute Gasteiger partial charge is 0.276 e. The number of aromatic nitrogens is 3. The van der Waals surface area contributed by atoms with Crippen molar-refractivity contribution in [3.05, 3.63) is 46.2 Å². The molecule has 1 amide bonds. The molecule has 2 heterocycles. The Hall–Kier alpha value is -1.72. The third-order valence-electron chi connectivity index (χ3n) is 2.19. The number of hydrogen-bond acceptors (Lipinski definition) is 4. The van der Waals surface area contributed by atoms with Crippen molar-refractivity contribution in [1.29, 1.82) is 0 Å². The van der Waals surface area contributed by atoms with Gasteiger partial charge in [-0.1, -0.05) is 23.2 Å². The molecule has 5 nitrogen and oxygen atoms in total. The molecule has 92 valence electrons. The lowest BCUT2D eigenvalue weighted by atomic mass is 10.2. The van der Waals surface area contributed by atoms with Crippen LogP contribution < -0.4 is 5.32 Å². The zero-order chi connectivity index (χ0) is 13.1. The Labute approximate surface area is 113 Å². The molecule has 0 aliphatic carbocycles. The van der Waals surface area contributed by atoms with Gasteiger partial charge >= 0.3 is 0 Å². The molecule has 7 heteroatoms. The number of aryl methyl sites for hydroxylation is 1. The summed E-state index contributed by atoms with van der Waals surface area (Å²) in [5, 5.41) is 3.00. The van der Waals surface area contributed by atoms with E-state index in [0.29, 0.717) is 5.69 Å². The molecule has 0 saturated heterocycles. The van der Waals surface area contributed by atoms with E-state index in [1.807, 2.05) is 6.92 Å². The quantitative estimate of drug-likeness (QED) is 0.860. The summed E-state index contributed by atoms with van der Waals surface area (Å²) in [4.78, 5) is 23.4. The Kier molecular flexibility index (Phi) is 3.74. The Balaban J connectivity index is 2.27. The van der Waals surface area contributed by atoms with Gasteiger partial charge in [-0.05, 0) is 18.6 Å². The molecule has 2 rings (SSSR count). The predicted molar refractivity (Wildman–Crippen MR) is 69.0 cm³/mol. The molecule has 0 radical (unpaired) electrons. The first-order valence-corrected chi connectivity index (χ1v) is 5.73. The van der Waals surface area contributed by atoms with Crippen LogP contribution in [0.2, 0.25) is 10.3 Å². The van der Waals surface area contributed by atoms with Crippen molar-refractivity contribution in [3.8, 4) is 0 Å². The fraction of sp³-hybridized carbons (Fsp3) is 0.0909. The second kappa shape index (κ2) is 5.29. The molecule has 0 aliphatic heterocycles. The van der Waals surface area contributed by atoms with Crippen LogP contribution in [0.3, 0.4) is 0 Å². The van der Waals surface area contributed by atoms with Gasteiger partial charge in [0, 0.05) is 6.20 Å². The van der Waals surface area contributed by atoms with Gasteiger partial charge in [0.2, 0.25) is 0 Å². The van der Waals surface area contributed by atoms with Crippen LogP contribution in [0.25, 0.3) is 0 Å². The zero-order valence-electron chi connectivity index (χ0n) is 9.32. The molecule has 0 aliphatic rings. The Bertz CT molecular complexity index is 583. The summed E-state index contributed by atoms with van der Waals surface area (Å²) in [7, 11) is 0. The molecule has 0 spiro atoms. The van der Waals surface area contributed by atoms with Gasteiger partial charge in [0.25, 0.3) is 5.91 Å². The molecule has 0 atom stereocenters. The van der Waals surface area contributed by atoms with Crippen molar-refractivity contribution < 1.29 is 4.79 Å². The topological polar surface area (TPSA) is 67.8 Å². The Morgan fingerprint density at radius 1 is 1.33 bits per heavy atom. The maximum absolute atomic E-state index is 11.9. The van der Waals surface area contributed by atoms with Crippen LogP contribution in [-0.2, 0) is 0 Å². The maximum atomic E-state index is 11.9. The summed E-state index contributed by atoms with van der Waals surface area (Å²) in [6.45, 7) is 1.81. The van der Waals surface area contributed by atoms with Crippen LogP contribution >= 0.6 is 23.2 Å². The van der Waals surface area contributed by atoms with Crippen molar-refractivity contribution in [1.82, 2.24) is 15.0 Å². The minimum Gasteiger partial charge on any atom is -0.318 e. The summed E-state index contributed by atoms with van der Waals surface area (Å²) in [5.41, 5.74) is 1.37. The first-order chi connectivity index (χ1) is 8.58. The number of nitrogens with zero attached hydrogens (tertiary/aromatic N) is 3. The molecule has 2 aromatic rings. The van der Waals surface area contributed by atoms with E-state index in [0.717, 1.165) is 5.56 Å². The van der Waals surface area contributed by atoms with E-state index < -0.39 is 5.91 Å². The fourth-order valence-corrected chi connectivity index (χ4v) is 1.70. The normalized spacial score (nSPS) is 10.2. The average molecular weight is 283 g/mol. The van der Waals surface area contributed by atoms with Gasteiger partial charge in [0.05, 0.1) is 18.1 Å². The molecule has 2 aromatic heterocycles. The van der Waals surface area contributed by atoms with E-state index >= 15 is 0 Å². The molecule has 1 N–H and O–H groups in total. The lowest BCUT2D eigenvalue weighted by Gasteiger charge is -2.08. The number of carbonyl (C=O) groups excluding carboxylic acids is 1. The highest BCUT2D eigenvalue weighted by Crippen LogP contribution is 2.23. The second-order valence-corrected chi connectivity index (χ2v) is 4.22. The van der Waals surface area contributed by atoms with Crippen molar-refractivity contribution in [2.75, 3.05) is 5.32 Å². The average Bonchev–Trinajstić information content (AvgIpc) is 2.34. The summed E-state index contributed by atoms with van der Waals surface area (Å²) in [6.07, 6.45) is 4.23.